The molecule has 0 radical (unpaired) electrons. The molecule has 2 aromatic carbocycles. The highest BCUT2D eigenvalue weighted by molar-refractivity contribution is 5.86. The molecule has 0 aliphatic carbocycles. The average molecular weight is 384 g/mol. The van der Waals surface area contributed by atoms with Gasteiger partial charge in [0.05, 0.1) is 6.42 Å². The molecule has 1 aliphatic heterocycles. The Morgan fingerprint density at radius 3 is 2.54 bits per heavy atom. The van der Waals surface area contributed by atoms with Gasteiger partial charge in [-0.25, -0.2) is 0 Å². The SMILES string of the molecule is Cc1ccccc1CC(=O)OCC(=O)NNC(=O)[C@H]1COc2ccccc2O1. The number of hydrazine groups is 1. The van der Waals surface area contributed by atoms with Crippen LogP contribution in [0.2, 0.25) is 0 Å². The van der Waals surface area contributed by atoms with Crippen molar-refractivity contribution in [1.82, 2.24) is 10.9 Å². The third-order valence-electron chi connectivity index (χ3n) is 4.09. The van der Waals surface area contributed by atoms with E-state index in [0.717, 1.165) is 11.1 Å². The van der Waals surface area contributed by atoms with Crippen molar-refractivity contribution in [3.05, 3.63) is 59.7 Å². The molecule has 8 nitrogen and oxygen atoms in total. The topological polar surface area (TPSA) is 103 Å². The number of esters is 1. The van der Waals surface area contributed by atoms with Crippen LogP contribution in [0, 0.1) is 6.92 Å². The largest absolute Gasteiger partial charge is 0.485 e. The predicted octanol–water partition coefficient (Wildman–Crippen LogP) is 1.07. The van der Waals surface area contributed by atoms with Gasteiger partial charge in [-0.2, -0.15) is 0 Å². The summed E-state index contributed by atoms with van der Waals surface area (Å²) in [4.78, 5) is 35.7. The zero-order valence-corrected chi connectivity index (χ0v) is 15.3. The fraction of sp³-hybridized carbons (Fsp3) is 0.250. The molecule has 1 atom stereocenters. The first-order chi connectivity index (χ1) is 13.5. The summed E-state index contributed by atoms with van der Waals surface area (Å²) < 4.78 is 15.9. The highest BCUT2D eigenvalue weighted by atomic mass is 16.6. The van der Waals surface area contributed by atoms with Crippen molar-refractivity contribution in [3.63, 3.8) is 0 Å². The number of hydrogen-bond donors (Lipinski definition) is 2. The fourth-order valence-corrected chi connectivity index (χ4v) is 2.56. The number of benzene rings is 2. The summed E-state index contributed by atoms with van der Waals surface area (Å²) in [5, 5.41) is 0. The van der Waals surface area contributed by atoms with E-state index in [9.17, 15) is 14.4 Å². The maximum atomic E-state index is 12.1. The van der Waals surface area contributed by atoms with Crippen LogP contribution < -0.4 is 20.3 Å². The highest BCUT2D eigenvalue weighted by Gasteiger charge is 2.27. The standard InChI is InChI=1S/C20H20N2O6/c1-13-6-2-3-7-14(13)10-19(24)27-12-18(23)21-22-20(25)17-11-26-15-8-4-5-9-16(15)28-17/h2-9,17H,10-12H2,1H3,(H,21,23)(H,22,25)/t17-/m1/s1. The predicted molar refractivity (Wildman–Crippen MR) is 98.5 cm³/mol. The van der Waals surface area contributed by atoms with Gasteiger partial charge in [0.25, 0.3) is 11.8 Å². The Morgan fingerprint density at radius 1 is 1.04 bits per heavy atom. The minimum atomic E-state index is -0.904. The van der Waals surface area contributed by atoms with Crippen molar-refractivity contribution in [2.75, 3.05) is 13.2 Å². The molecule has 28 heavy (non-hydrogen) atoms. The number of fused-ring (bicyclic) bond motifs is 1. The summed E-state index contributed by atoms with van der Waals surface area (Å²) in [6.45, 7) is 1.40. The van der Waals surface area contributed by atoms with Crippen LogP contribution in [-0.2, 0) is 25.5 Å². The molecule has 3 rings (SSSR count). The molecule has 0 saturated carbocycles. The third-order valence-corrected chi connectivity index (χ3v) is 4.09. The molecular formula is C20H20N2O6. The molecule has 2 N–H and O–H groups in total. The number of carbonyl (C=O) groups is 3. The van der Waals surface area contributed by atoms with Crippen LogP contribution in [0.5, 0.6) is 11.5 Å². The fourth-order valence-electron chi connectivity index (χ4n) is 2.56. The minimum absolute atomic E-state index is 0.0180. The summed E-state index contributed by atoms with van der Waals surface area (Å²) in [5.41, 5.74) is 6.21. The lowest BCUT2D eigenvalue weighted by Gasteiger charge is -2.25. The van der Waals surface area contributed by atoms with E-state index in [1.165, 1.54) is 0 Å². The molecule has 2 amide bonds. The van der Waals surface area contributed by atoms with Crippen molar-refractivity contribution in [1.29, 1.82) is 0 Å². The molecule has 0 aromatic heterocycles. The lowest BCUT2D eigenvalue weighted by atomic mass is 10.1. The smallest absolute Gasteiger partial charge is 0.310 e. The Balaban J connectivity index is 1.39. The molecule has 1 aliphatic rings. The highest BCUT2D eigenvalue weighted by Crippen LogP contribution is 2.30. The third kappa shape index (κ3) is 5.00. The van der Waals surface area contributed by atoms with Gasteiger partial charge in [-0.15, -0.1) is 0 Å². The maximum Gasteiger partial charge on any atom is 0.310 e. The number of para-hydroxylation sites is 2. The minimum Gasteiger partial charge on any atom is -0.485 e. The monoisotopic (exact) mass is 384 g/mol. The molecule has 0 fully saturated rings. The van der Waals surface area contributed by atoms with E-state index in [-0.39, 0.29) is 13.0 Å². The Labute approximate surface area is 161 Å². The first-order valence-corrected chi connectivity index (χ1v) is 8.70. The Morgan fingerprint density at radius 2 is 1.75 bits per heavy atom. The van der Waals surface area contributed by atoms with Crippen molar-refractivity contribution < 1.29 is 28.6 Å². The summed E-state index contributed by atoms with van der Waals surface area (Å²) >= 11 is 0. The van der Waals surface area contributed by atoms with Gasteiger partial charge in [0.1, 0.15) is 6.61 Å². The van der Waals surface area contributed by atoms with E-state index in [1.807, 2.05) is 31.2 Å². The van der Waals surface area contributed by atoms with Gasteiger partial charge in [-0.05, 0) is 30.2 Å². The van der Waals surface area contributed by atoms with E-state index in [4.69, 9.17) is 14.2 Å². The van der Waals surface area contributed by atoms with Gasteiger partial charge in [0.2, 0.25) is 6.10 Å². The van der Waals surface area contributed by atoms with Crippen LogP contribution >= 0.6 is 0 Å². The molecule has 0 bridgehead atoms. The van der Waals surface area contributed by atoms with Gasteiger partial charge in [-0.3, -0.25) is 25.2 Å². The van der Waals surface area contributed by atoms with E-state index in [1.54, 1.807) is 24.3 Å². The number of carbonyl (C=O) groups excluding carboxylic acids is 3. The van der Waals surface area contributed by atoms with Gasteiger partial charge in [-0.1, -0.05) is 36.4 Å². The van der Waals surface area contributed by atoms with Crippen LogP contribution in [0.3, 0.4) is 0 Å². The molecule has 0 spiro atoms. The van der Waals surface area contributed by atoms with Crippen molar-refractivity contribution >= 4 is 17.8 Å². The lowest BCUT2D eigenvalue weighted by Crippen LogP contribution is -2.51. The van der Waals surface area contributed by atoms with Crippen LogP contribution in [-0.4, -0.2) is 37.1 Å². The second-order valence-corrected chi connectivity index (χ2v) is 6.17. The number of amides is 2. The Kier molecular flexibility index (Phi) is 6.11. The van der Waals surface area contributed by atoms with Crippen molar-refractivity contribution in [2.24, 2.45) is 0 Å². The number of nitrogens with one attached hydrogen (secondary N) is 2. The quantitative estimate of drug-likeness (QED) is 0.590. The number of rotatable bonds is 5. The molecule has 0 saturated heterocycles. The first-order valence-electron chi connectivity index (χ1n) is 8.70. The lowest BCUT2D eigenvalue weighted by molar-refractivity contribution is -0.148. The number of aryl methyl sites for hydroxylation is 1. The number of ether oxygens (including phenoxy) is 3. The van der Waals surface area contributed by atoms with Crippen LogP contribution in [0.25, 0.3) is 0 Å². The molecule has 8 heteroatoms. The van der Waals surface area contributed by atoms with Gasteiger partial charge in [0, 0.05) is 0 Å². The van der Waals surface area contributed by atoms with Crippen molar-refractivity contribution in [2.45, 2.75) is 19.4 Å². The van der Waals surface area contributed by atoms with E-state index in [2.05, 4.69) is 10.9 Å². The summed E-state index contributed by atoms with van der Waals surface area (Å²) in [7, 11) is 0. The average Bonchev–Trinajstić information content (AvgIpc) is 2.71. The van der Waals surface area contributed by atoms with E-state index < -0.39 is 30.5 Å². The van der Waals surface area contributed by atoms with Gasteiger partial charge < -0.3 is 14.2 Å². The maximum absolute atomic E-state index is 12.1. The Hall–Kier alpha value is -3.55. The van der Waals surface area contributed by atoms with Crippen LogP contribution in [0.1, 0.15) is 11.1 Å². The summed E-state index contributed by atoms with van der Waals surface area (Å²) in [6, 6.07) is 14.4. The van der Waals surface area contributed by atoms with E-state index in [0.29, 0.717) is 11.5 Å². The van der Waals surface area contributed by atoms with Crippen molar-refractivity contribution in [3.8, 4) is 11.5 Å². The van der Waals surface area contributed by atoms with Gasteiger partial charge in [0.15, 0.2) is 18.1 Å². The summed E-state index contributed by atoms with van der Waals surface area (Å²) in [5.74, 6) is -0.768. The molecule has 2 aromatic rings. The zero-order chi connectivity index (χ0) is 19.9. The normalized spacial score (nSPS) is 14.7. The van der Waals surface area contributed by atoms with Crippen LogP contribution in [0.4, 0.5) is 0 Å². The second-order valence-electron chi connectivity index (χ2n) is 6.17. The van der Waals surface area contributed by atoms with E-state index >= 15 is 0 Å². The zero-order valence-electron chi connectivity index (χ0n) is 15.3. The number of hydrogen-bond acceptors (Lipinski definition) is 6. The Bertz CT molecular complexity index is 883. The summed E-state index contributed by atoms with van der Waals surface area (Å²) in [6.07, 6.45) is -0.835. The molecule has 1 heterocycles. The second kappa shape index (κ2) is 8.90. The molecule has 0 unspecified atom stereocenters. The van der Waals surface area contributed by atoms with Gasteiger partial charge >= 0.3 is 5.97 Å². The first kappa shape index (κ1) is 19.2. The molecular weight excluding hydrogens is 364 g/mol. The molecule has 146 valence electrons. The van der Waals surface area contributed by atoms with Crippen LogP contribution in [0.15, 0.2) is 48.5 Å².